The number of esters is 1. The van der Waals surface area contributed by atoms with Crippen molar-refractivity contribution in [1.82, 2.24) is 4.57 Å². The number of benzene rings is 1. The molecule has 1 aromatic carbocycles. The minimum Gasteiger partial charge on any atom is -0.454 e. The van der Waals surface area contributed by atoms with E-state index in [4.69, 9.17) is 21.1 Å². The van der Waals surface area contributed by atoms with Gasteiger partial charge in [-0.1, -0.05) is 23.7 Å². The summed E-state index contributed by atoms with van der Waals surface area (Å²) < 4.78 is 12.3. The van der Waals surface area contributed by atoms with Crippen molar-refractivity contribution in [3.8, 4) is 0 Å². The van der Waals surface area contributed by atoms with E-state index in [1.807, 2.05) is 26.8 Å². The van der Waals surface area contributed by atoms with Crippen molar-refractivity contribution in [3.63, 3.8) is 0 Å². The maximum absolute atomic E-state index is 12.5. The van der Waals surface area contributed by atoms with Gasteiger partial charge in [0.1, 0.15) is 0 Å². The molecule has 0 fully saturated rings. The van der Waals surface area contributed by atoms with Gasteiger partial charge in [-0.25, -0.2) is 4.79 Å². The van der Waals surface area contributed by atoms with Crippen molar-refractivity contribution in [2.75, 3.05) is 20.3 Å². The predicted molar refractivity (Wildman–Crippen MR) is 106 cm³/mol. The van der Waals surface area contributed by atoms with Crippen LogP contribution in [-0.2, 0) is 14.3 Å². The molecule has 27 heavy (non-hydrogen) atoms. The number of rotatable bonds is 8. The molecule has 0 saturated heterocycles. The Morgan fingerprint density at radius 1 is 1.22 bits per heavy atom. The number of ether oxygens (including phenoxy) is 2. The molecule has 0 radical (unpaired) electrons. The Labute approximate surface area is 164 Å². The fourth-order valence-corrected chi connectivity index (χ4v) is 3.18. The first-order valence-corrected chi connectivity index (χ1v) is 9.02. The van der Waals surface area contributed by atoms with Gasteiger partial charge in [-0.2, -0.15) is 0 Å². The summed E-state index contributed by atoms with van der Waals surface area (Å²) >= 11 is 5.82. The molecule has 0 aliphatic rings. The molecule has 0 unspecified atom stereocenters. The van der Waals surface area contributed by atoms with E-state index in [1.165, 1.54) is 6.08 Å². The highest BCUT2D eigenvalue weighted by Crippen LogP contribution is 2.21. The third kappa shape index (κ3) is 5.55. The summed E-state index contributed by atoms with van der Waals surface area (Å²) in [5, 5.41) is 0.623. The molecule has 0 spiro atoms. The molecule has 2 rings (SSSR count). The van der Waals surface area contributed by atoms with Crippen molar-refractivity contribution in [1.29, 1.82) is 0 Å². The Kier molecular flexibility index (Phi) is 7.39. The number of carbonyl (C=O) groups is 2. The monoisotopic (exact) mass is 389 g/mol. The number of methoxy groups -OCH3 is 1. The summed E-state index contributed by atoms with van der Waals surface area (Å²) in [6.45, 7) is 6.10. The minimum absolute atomic E-state index is 0.112. The number of carbonyl (C=O) groups excluding carboxylic acids is 2. The van der Waals surface area contributed by atoms with E-state index in [9.17, 15) is 9.59 Å². The standard InChI is InChI=1S/C21H24ClNO4/c1-14-11-19(16(3)23(14)15(2)12-26-4)20(24)13-27-21(25)10-7-17-5-8-18(22)9-6-17/h5-11,15H,12-13H2,1-4H3/b10-7+/t15-/m1/s1. The molecule has 1 atom stereocenters. The van der Waals surface area contributed by atoms with Gasteiger partial charge in [-0.05, 0) is 50.6 Å². The summed E-state index contributed by atoms with van der Waals surface area (Å²) in [4.78, 5) is 24.3. The van der Waals surface area contributed by atoms with Gasteiger partial charge in [-0.3, -0.25) is 4.79 Å². The first kappa shape index (κ1) is 20.9. The zero-order chi connectivity index (χ0) is 20.0. The number of aryl methyl sites for hydroxylation is 1. The molecule has 0 saturated carbocycles. The van der Waals surface area contributed by atoms with Crippen molar-refractivity contribution in [3.05, 3.63) is 63.9 Å². The number of halogens is 1. The van der Waals surface area contributed by atoms with Crippen LogP contribution in [0.2, 0.25) is 5.02 Å². The summed E-state index contributed by atoms with van der Waals surface area (Å²) in [6, 6.07) is 8.97. The van der Waals surface area contributed by atoms with Crippen LogP contribution >= 0.6 is 11.6 Å². The number of nitrogens with zero attached hydrogens (tertiary/aromatic N) is 1. The average molecular weight is 390 g/mol. The second-order valence-corrected chi connectivity index (χ2v) is 6.81. The third-order valence-electron chi connectivity index (χ3n) is 4.26. The molecule has 0 bridgehead atoms. The highest BCUT2D eigenvalue weighted by molar-refractivity contribution is 6.30. The summed E-state index contributed by atoms with van der Waals surface area (Å²) in [5.41, 5.74) is 3.19. The smallest absolute Gasteiger partial charge is 0.331 e. The molecule has 6 heteroatoms. The molecular weight excluding hydrogens is 366 g/mol. The Balaban J connectivity index is 1.98. The van der Waals surface area contributed by atoms with Crippen LogP contribution in [0.4, 0.5) is 0 Å². The molecule has 0 aliphatic heterocycles. The van der Waals surface area contributed by atoms with Crippen LogP contribution in [0.5, 0.6) is 0 Å². The summed E-state index contributed by atoms with van der Waals surface area (Å²) in [6.07, 6.45) is 2.90. The van der Waals surface area contributed by atoms with Crippen LogP contribution in [-0.4, -0.2) is 36.6 Å². The van der Waals surface area contributed by atoms with Gasteiger partial charge >= 0.3 is 5.97 Å². The molecule has 144 valence electrons. The van der Waals surface area contributed by atoms with E-state index in [-0.39, 0.29) is 18.4 Å². The molecule has 0 aliphatic carbocycles. The highest BCUT2D eigenvalue weighted by Gasteiger charge is 2.19. The van der Waals surface area contributed by atoms with E-state index in [1.54, 1.807) is 37.5 Å². The van der Waals surface area contributed by atoms with Gasteiger partial charge in [0.25, 0.3) is 0 Å². The maximum atomic E-state index is 12.5. The predicted octanol–water partition coefficient (Wildman–Crippen LogP) is 4.41. The van der Waals surface area contributed by atoms with Crippen molar-refractivity contribution < 1.29 is 19.1 Å². The minimum atomic E-state index is -0.570. The van der Waals surface area contributed by atoms with Gasteiger partial charge in [0.2, 0.25) is 5.78 Å². The lowest BCUT2D eigenvalue weighted by Gasteiger charge is -2.17. The van der Waals surface area contributed by atoms with Crippen LogP contribution in [0.3, 0.4) is 0 Å². The zero-order valence-electron chi connectivity index (χ0n) is 16.0. The van der Waals surface area contributed by atoms with E-state index >= 15 is 0 Å². The molecule has 5 nitrogen and oxygen atoms in total. The van der Waals surface area contributed by atoms with Gasteiger partial charge in [-0.15, -0.1) is 0 Å². The third-order valence-corrected chi connectivity index (χ3v) is 4.51. The maximum Gasteiger partial charge on any atom is 0.331 e. The molecule has 1 aromatic heterocycles. The average Bonchev–Trinajstić information content (AvgIpc) is 2.93. The second-order valence-electron chi connectivity index (χ2n) is 6.37. The Morgan fingerprint density at radius 2 is 1.89 bits per heavy atom. The number of aromatic nitrogens is 1. The van der Waals surface area contributed by atoms with Crippen LogP contribution in [0, 0.1) is 13.8 Å². The molecular formula is C21H24ClNO4. The van der Waals surface area contributed by atoms with Crippen LogP contribution in [0.25, 0.3) is 6.08 Å². The fourth-order valence-electron chi connectivity index (χ4n) is 3.05. The SMILES string of the molecule is COC[C@@H](C)n1c(C)cc(C(=O)COC(=O)/C=C/c2ccc(Cl)cc2)c1C. The van der Waals surface area contributed by atoms with Crippen LogP contribution in [0.15, 0.2) is 36.4 Å². The fraction of sp³-hybridized carbons (Fsp3) is 0.333. The number of hydrogen-bond acceptors (Lipinski definition) is 4. The van der Waals surface area contributed by atoms with Gasteiger partial charge in [0.15, 0.2) is 6.61 Å². The quantitative estimate of drug-likeness (QED) is 0.381. The van der Waals surface area contributed by atoms with E-state index in [2.05, 4.69) is 4.57 Å². The van der Waals surface area contributed by atoms with Crippen molar-refractivity contribution in [2.24, 2.45) is 0 Å². The van der Waals surface area contributed by atoms with E-state index in [0.717, 1.165) is 17.0 Å². The first-order valence-electron chi connectivity index (χ1n) is 8.64. The molecule has 0 amide bonds. The Hall–Kier alpha value is -2.37. The summed E-state index contributed by atoms with van der Waals surface area (Å²) in [5.74, 6) is -0.799. The highest BCUT2D eigenvalue weighted by atomic mass is 35.5. The molecule has 2 aromatic rings. The van der Waals surface area contributed by atoms with Crippen LogP contribution in [0.1, 0.15) is 40.3 Å². The molecule has 1 heterocycles. The van der Waals surface area contributed by atoms with Gasteiger partial charge in [0, 0.05) is 35.2 Å². The number of ketones is 1. The largest absolute Gasteiger partial charge is 0.454 e. The van der Waals surface area contributed by atoms with Gasteiger partial charge < -0.3 is 14.0 Å². The number of Topliss-reactive ketones (excluding diaryl/α,β-unsaturated/α-hetero) is 1. The van der Waals surface area contributed by atoms with Gasteiger partial charge in [0.05, 0.1) is 12.6 Å². The topological polar surface area (TPSA) is 57.5 Å². The normalized spacial score (nSPS) is 12.3. The molecule has 0 N–H and O–H groups in total. The van der Waals surface area contributed by atoms with Crippen LogP contribution < -0.4 is 0 Å². The van der Waals surface area contributed by atoms with E-state index < -0.39 is 5.97 Å². The lowest BCUT2D eigenvalue weighted by molar-refractivity contribution is -0.136. The van der Waals surface area contributed by atoms with E-state index in [0.29, 0.717) is 17.2 Å². The van der Waals surface area contributed by atoms with Crippen molar-refractivity contribution in [2.45, 2.75) is 26.8 Å². The number of hydrogen-bond donors (Lipinski definition) is 0. The second kappa shape index (κ2) is 9.53. The Bertz CT molecular complexity index is 837. The summed E-state index contributed by atoms with van der Waals surface area (Å²) in [7, 11) is 1.65. The Morgan fingerprint density at radius 3 is 2.52 bits per heavy atom. The lowest BCUT2D eigenvalue weighted by atomic mass is 10.1. The van der Waals surface area contributed by atoms with Crippen molar-refractivity contribution >= 4 is 29.4 Å². The first-order chi connectivity index (χ1) is 12.8. The zero-order valence-corrected chi connectivity index (χ0v) is 16.7. The lowest BCUT2D eigenvalue weighted by Crippen LogP contribution is -2.16.